The van der Waals surface area contributed by atoms with Crippen LogP contribution in [0.2, 0.25) is 0 Å². The van der Waals surface area contributed by atoms with Crippen molar-refractivity contribution in [1.29, 1.82) is 0 Å². The van der Waals surface area contributed by atoms with Crippen molar-refractivity contribution in [2.24, 2.45) is 0 Å². The number of amides is 3. The van der Waals surface area contributed by atoms with Crippen LogP contribution in [-0.2, 0) is 17.8 Å². The van der Waals surface area contributed by atoms with E-state index in [9.17, 15) is 9.59 Å². The van der Waals surface area contributed by atoms with Crippen LogP contribution in [0.3, 0.4) is 0 Å². The summed E-state index contributed by atoms with van der Waals surface area (Å²) in [7, 11) is 1.61. The number of urea groups is 1. The van der Waals surface area contributed by atoms with Crippen LogP contribution in [0, 0.1) is 6.92 Å². The predicted octanol–water partition coefficient (Wildman–Crippen LogP) is 2.96. The number of rotatable bonds is 8. The number of methoxy groups -OCH3 is 1. The summed E-state index contributed by atoms with van der Waals surface area (Å²) >= 11 is 0. The Hall–Kier alpha value is -4.21. The van der Waals surface area contributed by atoms with Crippen LogP contribution in [0.25, 0.3) is 0 Å². The highest BCUT2D eigenvalue weighted by Crippen LogP contribution is 2.25. The molecule has 10 heteroatoms. The number of imide groups is 1. The Morgan fingerprint density at radius 1 is 1.09 bits per heavy atom. The minimum Gasteiger partial charge on any atom is -0.497 e. The Morgan fingerprint density at radius 2 is 1.82 bits per heavy atom. The Morgan fingerprint density at radius 3 is 2.53 bits per heavy atom. The van der Waals surface area contributed by atoms with Gasteiger partial charge in [0, 0.05) is 5.69 Å². The molecule has 2 aromatic carbocycles. The van der Waals surface area contributed by atoms with Crippen molar-refractivity contribution in [2.75, 3.05) is 18.2 Å². The molecule has 1 atom stereocenters. The van der Waals surface area contributed by atoms with E-state index in [1.165, 1.54) is 0 Å². The molecule has 0 aliphatic carbocycles. The monoisotopic (exact) mass is 461 g/mol. The summed E-state index contributed by atoms with van der Waals surface area (Å²) in [4.78, 5) is 39.5. The van der Waals surface area contributed by atoms with Gasteiger partial charge in [-0.2, -0.15) is 15.0 Å². The summed E-state index contributed by atoms with van der Waals surface area (Å²) in [6, 6.07) is 14.8. The molecule has 0 radical (unpaired) electrons. The lowest BCUT2D eigenvalue weighted by Gasteiger charge is -2.21. The van der Waals surface area contributed by atoms with Crippen molar-refractivity contribution >= 4 is 29.5 Å². The predicted molar refractivity (Wildman–Crippen MR) is 128 cm³/mol. The lowest BCUT2D eigenvalue weighted by Crippen LogP contribution is -2.44. The zero-order chi connectivity index (χ0) is 24.3. The van der Waals surface area contributed by atoms with Gasteiger partial charge in [0.2, 0.25) is 11.9 Å². The number of nitrogen functional groups attached to an aromatic ring is 1. The first-order chi connectivity index (χ1) is 16.3. The second kappa shape index (κ2) is 9.34. The van der Waals surface area contributed by atoms with Gasteiger partial charge in [-0.05, 0) is 56.0 Å². The van der Waals surface area contributed by atoms with E-state index >= 15 is 0 Å². The van der Waals surface area contributed by atoms with Gasteiger partial charge in [0.05, 0.1) is 13.7 Å². The van der Waals surface area contributed by atoms with Crippen molar-refractivity contribution in [3.63, 3.8) is 0 Å². The SMILES string of the molecule is COc1ccc(CC[C@]2(C)NC(=O)N(Cc3nc(N)nc(Nc4ccccc4C)n3)C2=O)cc1. The van der Waals surface area contributed by atoms with Gasteiger partial charge in [-0.3, -0.25) is 9.69 Å². The average molecular weight is 462 g/mol. The van der Waals surface area contributed by atoms with Gasteiger partial charge in [-0.1, -0.05) is 30.3 Å². The van der Waals surface area contributed by atoms with E-state index in [4.69, 9.17) is 10.5 Å². The number of benzene rings is 2. The van der Waals surface area contributed by atoms with E-state index < -0.39 is 11.6 Å². The first-order valence-electron chi connectivity index (χ1n) is 10.9. The molecule has 0 bridgehead atoms. The molecule has 10 nitrogen and oxygen atoms in total. The number of ether oxygens (including phenoxy) is 1. The highest BCUT2D eigenvalue weighted by atomic mass is 16.5. The number of hydrogen-bond acceptors (Lipinski definition) is 8. The number of nitrogens with zero attached hydrogens (tertiary/aromatic N) is 4. The standard InChI is InChI=1S/C24H27N7O3/c1-15-6-4-5-7-18(15)26-22-28-19(27-21(25)29-22)14-31-20(32)24(2,30-23(31)33)13-12-16-8-10-17(34-3)11-9-16/h4-11H,12-14H2,1-3H3,(H,30,33)(H3,25,26,27,28,29)/t24-/m0/s1. The van der Waals surface area contributed by atoms with E-state index in [0.717, 1.165) is 27.5 Å². The summed E-state index contributed by atoms with van der Waals surface area (Å²) in [5, 5.41) is 5.92. The maximum atomic E-state index is 13.2. The second-order valence-electron chi connectivity index (χ2n) is 8.37. The lowest BCUT2D eigenvalue weighted by atomic mass is 9.93. The van der Waals surface area contributed by atoms with Crippen molar-refractivity contribution in [3.8, 4) is 5.75 Å². The topological polar surface area (TPSA) is 135 Å². The highest BCUT2D eigenvalue weighted by molar-refractivity contribution is 6.06. The van der Waals surface area contributed by atoms with Crippen LogP contribution < -0.4 is 21.1 Å². The molecule has 1 fully saturated rings. The van der Waals surface area contributed by atoms with Crippen molar-refractivity contribution in [1.82, 2.24) is 25.2 Å². The molecule has 0 unspecified atom stereocenters. The molecular formula is C24H27N7O3. The molecule has 3 aromatic rings. The maximum Gasteiger partial charge on any atom is 0.325 e. The number of carbonyl (C=O) groups is 2. The van der Waals surface area contributed by atoms with E-state index in [0.29, 0.717) is 12.8 Å². The van der Waals surface area contributed by atoms with Crippen LogP contribution in [0.5, 0.6) is 5.75 Å². The lowest BCUT2D eigenvalue weighted by molar-refractivity contribution is -0.131. The van der Waals surface area contributed by atoms with Crippen molar-refractivity contribution in [3.05, 3.63) is 65.5 Å². The van der Waals surface area contributed by atoms with Crippen LogP contribution in [0.15, 0.2) is 48.5 Å². The molecule has 2 heterocycles. The molecule has 176 valence electrons. The third-order valence-electron chi connectivity index (χ3n) is 5.81. The fourth-order valence-electron chi connectivity index (χ4n) is 3.79. The van der Waals surface area contributed by atoms with E-state index in [2.05, 4.69) is 25.6 Å². The van der Waals surface area contributed by atoms with Crippen LogP contribution in [0.1, 0.15) is 30.3 Å². The van der Waals surface area contributed by atoms with E-state index in [-0.39, 0.29) is 30.2 Å². The molecule has 1 aliphatic rings. The number of aryl methyl sites for hydroxylation is 2. The highest BCUT2D eigenvalue weighted by Gasteiger charge is 2.47. The number of hydrogen-bond donors (Lipinski definition) is 3. The van der Waals surface area contributed by atoms with Gasteiger partial charge >= 0.3 is 6.03 Å². The fraction of sp³-hybridized carbons (Fsp3) is 0.292. The largest absolute Gasteiger partial charge is 0.497 e. The van der Waals surface area contributed by atoms with Crippen LogP contribution >= 0.6 is 0 Å². The third kappa shape index (κ3) is 4.90. The smallest absolute Gasteiger partial charge is 0.325 e. The number of para-hydroxylation sites is 1. The average Bonchev–Trinajstić information content (AvgIpc) is 3.02. The van der Waals surface area contributed by atoms with Gasteiger partial charge in [0.25, 0.3) is 5.91 Å². The fourth-order valence-corrected chi connectivity index (χ4v) is 3.79. The minimum atomic E-state index is -1.03. The Balaban J connectivity index is 1.46. The summed E-state index contributed by atoms with van der Waals surface area (Å²) in [6.07, 6.45) is 1.06. The summed E-state index contributed by atoms with van der Waals surface area (Å²) < 4.78 is 5.18. The molecule has 0 saturated carbocycles. The molecule has 1 saturated heterocycles. The van der Waals surface area contributed by atoms with Gasteiger partial charge < -0.3 is 21.1 Å². The summed E-state index contributed by atoms with van der Waals surface area (Å²) in [5.41, 5.74) is 7.70. The Bertz CT molecular complexity index is 1220. The molecular weight excluding hydrogens is 434 g/mol. The number of anilines is 3. The quantitative estimate of drug-likeness (QED) is 0.436. The van der Waals surface area contributed by atoms with E-state index in [1.807, 2.05) is 55.5 Å². The molecule has 4 N–H and O–H groups in total. The molecule has 0 spiro atoms. The number of carbonyl (C=O) groups excluding carboxylic acids is 2. The van der Waals surface area contributed by atoms with Gasteiger partial charge in [-0.25, -0.2) is 4.79 Å². The second-order valence-corrected chi connectivity index (χ2v) is 8.37. The van der Waals surface area contributed by atoms with Crippen molar-refractivity contribution in [2.45, 2.75) is 38.8 Å². The van der Waals surface area contributed by atoms with Crippen LogP contribution in [-0.4, -0.2) is 44.4 Å². The minimum absolute atomic E-state index is 0.00425. The van der Waals surface area contributed by atoms with Gasteiger partial charge in [-0.15, -0.1) is 0 Å². The number of nitrogens with one attached hydrogen (secondary N) is 2. The molecule has 1 aromatic heterocycles. The maximum absolute atomic E-state index is 13.2. The molecule has 4 rings (SSSR count). The van der Waals surface area contributed by atoms with Gasteiger partial charge in [0.15, 0.2) is 5.82 Å². The van der Waals surface area contributed by atoms with Gasteiger partial charge in [0.1, 0.15) is 11.3 Å². The zero-order valence-corrected chi connectivity index (χ0v) is 19.3. The van der Waals surface area contributed by atoms with Crippen molar-refractivity contribution < 1.29 is 14.3 Å². The van der Waals surface area contributed by atoms with Crippen LogP contribution in [0.4, 0.5) is 22.4 Å². The molecule has 3 amide bonds. The first kappa shape index (κ1) is 23.0. The Kier molecular flexibility index (Phi) is 6.31. The number of aromatic nitrogens is 3. The van der Waals surface area contributed by atoms with E-state index in [1.54, 1.807) is 14.0 Å². The normalized spacial score (nSPS) is 17.6. The first-order valence-corrected chi connectivity index (χ1v) is 10.9. The Labute approximate surface area is 197 Å². The zero-order valence-electron chi connectivity index (χ0n) is 19.3. The summed E-state index contributed by atoms with van der Waals surface area (Å²) in [5.74, 6) is 0.880. The number of nitrogens with two attached hydrogens (primary N) is 1. The molecule has 1 aliphatic heterocycles. The third-order valence-corrected chi connectivity index (χ3v) is 5.81. The molecule has 34 heavy (non-hydrogen) atoms. The summed E-state index contributed by atoms with van der Waals surface area (Å²) in [6.45, 7) is 3.56.